The predicted molar refractivity (Wildman–Crippen MR) is 66.9 cm³/mol. The highest BCUT2D eigenvalue weighted by atomic mass is 15.3. The Balaban J connectivity index is 2.39. The van der Waals surface area contributed by atoms with Crippen LogP contribution in [0, 0.1) is 13.8 Å². The van der Waals surface area contributed by atoms with Crippen molar-refractivity contribution >= 4 is 11.6 Å². The highest BCUT2D eigenvalue weighted by Gasteiger charge is 2.17. The molecular formula is C11H13N7. The summed E-state index contributed by atoms with van der Waals surface area (Å²) in [5.74, 6) is 0.373. The Morgan fingerprint density at radius 2 is 2.06 bits per heavy atom. The van der Waals surface area contributed by atoms with E-state index in [1.165, 1.54) is 0 Å². The molecule has 0 amide bonds. The van der Waals surface area contributed by atoms with Gasteiger partial charge in [0, 0.05) is 30.1 Å². The SMILES string of the molecule is Cc1nn(C)c(C)c1-c1cnc(N)n2cnnc12. The van der Waals surface area contributed by atoms with Crippen molar-refractivity contribution in [2.24, 2.45) is 7.05 Å². The summed E-state index contributed by atoms with van der Waals surface area (Å²) >= 11 is 0. The molecule has 7 heteroatoms. The number of anilines is 1. The maximum Gasteiger partial charge on any atom is 0.207 e. The smallest absolute Gasteiger partial charge is 0.207 e. The molecule has 3 aromatic rings. The molecule has 7 nitrogen and oxygen atoms in total. The fourth-order valence-corrected chi connectivity index (χ4v) is 2.18. The Labute approximate surface area is 103 Å². The number of nitrogen functional groups attached to an aromatic ring is 1. The van der Waals surface area contributed by atoms with E-state index in [4.69, 9.17) is 5.73 Å². The molecule has 0 saturated heterocycles. The number of hydrogen-bond acceptors (Lipinski definition) is 5. The van der Waals surface area contributed by atoms with E-state index < -0.39 is 0 Å². The number of rotatable bonds is 1. The molecule has 3 rings (SSSR count). The van der Waals surface area contributed by atoms with Gasteiger partial charge in [0.25, 0.3) is 0 Å². The molecule has 0 saturated carbocycles. The molecule has 0 aliphatic heterocycles. The lowest BCUT2D eigenvalue weighted by Gasteiger charge is -2.05. The third-order valence-corrected chi connectivity index (χ3v) is 3.14. The lowest BCUT2D eigenvalue weighted by molar-refractivity contribution is 0.731. The molecule has 0 aliphatic carbocycles. The van der Waals surface area contributed by atoms with Gasteiger partial charge in [-0.3, -0.25) is 9.08 Å². The monoisotopic (exact) mass is 243 g/mol. The Kier molecular flexibility index (Phi) is 2.09. The molecule has 18 heavy (non-hydrogen) atoms. The lowest BCUT2D eigenvalue weighted by Crippen LogP contribution is -2.01. The van der Waals surface area contributed by atoms with E-state index in [9.17, 15) is 0 Å². The molecule has 0 bridgehead atoms. The van der Waals surface area contributed by atoms with Crippen LogP contribution >= 0.6 is 0 Å². The van der Waals surface area contributed by atoms with Gasteiger partial charge in [-0.2, -0.15) is 5.10 Å². The molecule has 2 N–H and O–H groups in total. The molecule has 0 aromatic carbocycles. The molecule has 0 aliphatic rings. The molecule has 92 valence electrons. The van der Waals surface area contributed by atoms with Crippen molar-refractivity contribution in [1.82, 2.24) is 29.4 Å². The first kappa shape index (κ1) is 10.7. The van der Waals surface area contributed by atoms with Crippen molar-refractivity contribution in [3.63, 3.8) is 0 Å². The van der Waals surface area contributed by atoms with Crippen LogP contribution in [0.3, 0.4) is 0 Å². The second-order valence-electron chi connectivity index (χ2n) is 4.22. The standard InChI is InChI=1S/C11H13N7/c1-6-9(7(2)17(3)16-6)8-4-13-11(12)18-5-14-15-10(8)18/h4-5H,1-3H3,(H2,12,13). The Hall–Kier alpha value is -2.44. The molecular weight excluding hydrogens is 230 g/mol. The van der Waals surface area contributed by atoms with Gasteiger partial charge >= 0.3 is 0 Å². The normalized spacial score (nSPS) is 11.3. The molecule has 0 spiro atoms. The summed E-state index contributed by atoms with van der Waals surface area (Å²) in [7, 11) is 1.91. The minimum Gasteiger partial charge on any atom is -0.369 e. The van der Waals surface area contributed by atoms with Gasteiger partial charge in [-0.05, 0) is 13.8 Å². The maximum atomic E-state index is 5.78. The van der Waals surface area contributed by atoms with Gasteiger partial charge < -0.3 is 5.73 Å². The average Bonchev–Trinajstić information content (AvgIpc) is 2.89. The first-order valence-corrected chi connectivity index (χ1v) is 5.54. The van der Waals surface area contributed by atoms with Crippen LogP contribution < -0.4 is 5.73 Å². The van der Waals surface area contributed by atoms with Crippen molar-refractivity contribution in [1.29, 1.82) is 0 Å². The number of nitrogens with zero attached hydrogens (tertiary/aromatic N) is 6. The van der Waals surface area contributed by atoms with Crippen LogP contribution in [0.4, 0.5) is 5.95 Å². The fourth-order valence-electron chi connectivity index (χ4n) is 2.18. The molecule has 0 atom stereocenters. The number of hydrogen-bond donors (Lipinski definition) is 1. The molecule has 0 unspecified atom stereocenters. The molecule has 0 fully saturated rings. The van der Waals surface area contributed by atoms with Crippen LogP contribution in [-0.2, 0) is 7.05 Å². The van der Waals surface area contributed by atoms with E-state index in [1.54, 1.807) is 16.9 Å². The molecule has 3 aromatic heterocycles. The summed E-state index contributed by atoms with van der Waals surface area (Å²) in [6, 6.07) is 0. The zero-order chi connectivity index (χ0) is 12.9. The van der Waals surface area contributed by atoms with Crippen molar-refractivity contribution in [3.8, 4) is 11.1 Å². The topological polar surface area (TPSA) is 86.9 Å². The number of nitrogens with two attached hydrogens (primary N) is 1. The van der Waals surface area contributed by atoms with E-state index in [1.807, 2.05) is 25.6 Å². The molecule has 0 radical (unpaired) electrons. The summed E-state index contributed by atoms with van der Waals surface area (Å²) < 4.78 is 3.51. The van der Waals surface area contributed by atoms with Gasteiger partial charge in [-0.25, -0.2) is 4.98 Å². The first-order valence-electron chi connectivity index (χ1n) is 5.54. The summed E-state index contributed by atoms with van der Waals surface area (Å²) in [5, 5.41) is 12.4. The van der Waals surface area contributed by atoms with E-state index >= 15 is 0 Å². The largest absolute Gasteiger partial charge is 0.369 e. The third kappa shape index (κ3) is 1.30. The summed E-state index contributed by atoms with van der Waals surface area (Å²) in [4.78, 5) is 4.17. The minimum atomic E-state index is 0.373. The van der Waals surface area contributed by atoms with E-state index in [2.05, 4.69) is 20.3 Å². The Bertz CT molecular complexity index is 737. The number of fused-ring (bicyclic) bond motifs is 1. The summed E-state index contributed by atoms with van der Waals surface area (Å²) in [6.45, 7) is 3.98. The number of aryl methyl sites for hydroxylation is 2. The Morgan fingerprint density at radius 3 is 2.72 bits per heavy atom. The van der Waals surface area contributed by atoms with Crippen LogP contribution in [0.1, 0.15) is 11.4 Å². The quantitative estimate of drug-likeness (QED) is 0.680. The van der Waals surface area contributed by atoms with Crippen molar-refractivity contribution in [2.75, 3.05) is 5.73 Å². The van der Waals surface area contributed by atoms with Crippen LogP contribution in [0.25, 0.3) is 16.8 Å². The van der Waals surface area contributed by atoms with Crippen LogP contribution in [0.15, 0.2) is 12.5 Å². The van der Waals surface area contributed by atoms with Gasteiger partial charge in [0.05, 0.1) is 5.69 Å². The van der Waals surface area contributed by atoms with E-state index in [-0.39, 0.29) is 0 Å². The van der Waals surface area contributed by atoms with Gasteiger partial charge in [0.1, 0.15) is 6.33 Å². The molecule has 3 heterocycles. The van der Waals surface area contributed by atoms with Crippen LogP contribution in [-0.4, -0.2) is 29.4 Å². The van der Waals surface area contributed by atoms with Gasteiger partial charge in [-0.15, -0.1) is 10.2 Å². The van der Waals surface area contributed by atoms with E-state index in [0.29, 0.717) is 11.6 Å². The van der Waals surface area contributed by atoms with Crippen LogP contribution in [0.5, 0.6) is 0 Å². The van der Waals surface area contributed by atoms with E-state index in [0.717, 1.165) is 22.5 Å². The zero-order valence-electron chi connectivity index (χ0n) is 10.4. The maximum absolute atomic E-state index is 5.78. The van der Waals surface area contributed by atoms with Gasteiger partial charge in [0.15, 0.2) is 5.65 Å². The van der Waals surface area contributed by atoms with Gasteiger partial charge in [0.2, 0.25) is 5.95 Å². The second kappa shape index (κ2) is 3.52. The summed E-state index contributed by atoms with van der Waals surface area (Å²) in [6.07, 6.45) is 3.28. The highest BCUT2D eigenvalue weighted by Crippen LogP contribution is 2.29. The van der Waals surface area contributed by atoms with Crippen molar-refractivity contribution in [2.45, 2.75) is 13.8 Å². The van der Waals surface area contributed by atoms with Crippen LogP contribution in [0.2, 0.25) is 0 Å². The first-order chi connectivity index (χ1) is 8.59. The number of aromatic nitrogens is 6. The predicted octanol–water partition coefficient (Wildman–Crippen LogP) is 0.724. The summed E-state index contributed by atoms with van der Waals surface area (Å²) in [5.41, 5.74) is 10.4. The average molecular weight is 243 g/mol. The lowest BCUT2D eigenvalue weighted by atomic mass is 10.1. The Morgan fingerprint density at radius 1 is 1.28 bits per heavy atom. The second-order valence-corrected chi connectivity index (χ2v) is 4.22. The van der Waals surface area contributed by atoms with Crippen molar-refractivity contribution in [3.05, 3.63) is 23.9 Å². The highest BCUT2D eigenvalue weighted by molar-refractivity contribution is 5.80. The minimum absolute atomic E-state index is 0.373. The zero-order valence-corrected chi connectivity index (χ0v) is 10.4. The third-order valence-electron chi connectivity index (χ3n) is 3.14. The van der Waals surface area contributed by atoms with Crippen molar-refractivity contribution < 1.29 is 0 Å². The van der Waals surface area contributed by atoms with Gasteiger partial charge in [-0.1, -0.05) is 0 Å². The fraction of sp³-hybridized carbons (Fsp3) is 0.273.